The highest BCUT2D eigenvalue weighted by atomic mass is 32.1. The van der Waals surface area contributed by atoms with E-state index in [2.05, 4.69) is 22.1 Å². The third-order valence-electron chi connectivity index (χ3n) is 5.14. The van der Waals surface area contributed by atoms with Crippen molar-refractivity contribution in [3.63, 3.8) is 0 Å². The van der Waals surface area contributed by atoms with Gasteiger partial charge < -0.3 is 20.1 Å². The van der Waals surface area contributed by atoms with Gasteiger partial charge in [0.05, 0.1) is 30.4 Å². The lowest BCUT2D eigenvalue weighted by atomic mass is 9.97. The molecule has 2 aliphatic rings. The van der Waals surface area contributed by atoms with E-state index in [4.69, 9.17) is 4.74 Å². The van der Waals surface area contributed by atoms with Crippen molar-refractivity contribution >= 4 is 22.4 Å². The summed E-state index contributed by atoms with van der Waals surface area (Å²) < 4.78 is 5.23. The van der Waals surface area contributed by atoms with Gasteiger partial charge in [-0.2, -0.15) is 0 Å². The first-order valence-corrected chi connectivity index (χ1v) is 9.60. The Morgan fingerprint density at radius 2 is 2.33 bits per heavy atom. The van der Waals surface area contributed by atoms with Crippen LogP contribution >= 0.6 is 11.3 Å². The zero-order valence-corrected chi connectivity index (χ0v) is 15.3. The molecule has 134 valence electrons. The second-order valence-corrected chi connectivity index (χ2v) is 7.86. The number of carbonyl (C=O) groups is 1. The highest BCUT2D eigenvalue weighted by Crippen LogP contribution is 2.46. The van der Waals surface area contributed by atoms with Crippen LogP contribution in [0.25, 0.3) is 0 Å². The number of hydrogen-bond acceptors (Lipinski definition) is 6. The zero-order chi connectivity index (χ0) is 17.2. The van der Waals surface area contributed by atoms with Gasteiger partial charge in [0.25, 0.3) is 0 Å². The van der Waals surface area contributed by atoms with Crippen molar-refractivity contribution in [3.8, 4) is 0 Å². The minimum Gasteiger partial charge on any atom is -0.390 e. The standard InChI is InChI=1S/C17H27N3O3S/c1-3-4-12-7-20(16-18-13(9-21)10-24-16)8-14(12)19-15(22)17(5-6-17)11-23-2/h10,12,14,21H,3-9,11H2,1-2H3,(H,19,22)/t12-,14-/m1/s1. The maximum atomic E-state index is 12.7. The largest absolute Gasteiger partial charge is 0.390 e. The molecule has 7 heteroatoms. The molecule has 0 aromatic carbocycles. The Balaban J connectivity index is 1.66. The van der Waals surface area contributed by atoms with E-state index in [1.807, 2.05) is 5.38 Å². The van der Waals surface area contributed by atoms with E-state index in [9.17, 15) is 9.90 Å². The summed E-state index contributed by atoms with van der Waals surface area (Å²) in [5, 5.41) is 15.3. The predicted octanol–water partition coefficient (Wildman–Crippen LogP) is 1.78. The minimum absolute atomic E-state index is 0.0254. The molecule has 1 saturated carbocycles. The quantitative estimate of drug-likeness (QED) is 0.745. The van der Waals surface area contributed by atoms with Gasteiger partial charge in [0.2, 0.25) is 5.91 Å². The molecule has 2 N–H and O–H groups in total. The van der Waals surface area contributed by atoms with Crippen molar-refractivity contribution in [1.82, 2.24) is 10.3 Å². The normalized spacial score (nSPS) is 25.0. The number of methoxy groups -OCH3 is 1. The van der Waals surface area contributed by atoms with Crippen molar-refractivity contribution in [3.05, 3.63) is 11.1 Å². The van der Waals surface area contributed by atoms with E-state index in [0.29, 0.717) is 18.2 Å². The van der Waals surface area contributed by atoms with Gasteiger partial charge >= 0.3 is 0 Å². The molecule has 1 aliphatic heterocycles. The van der Waals surface area contributed by atoms with Crippen molar-refractivity contribution in [1.29, 1.82) is 0 Å². The van der Waals surface area contributed by atoms with Crippen LogP contribution in [0.5, 0.6) is 0 Å². The molecule has 2 heterocycles. The van der Waals surface area contributed by atoms with E-state index >= 15 is 0 Å². The van der Waals surface area contributed by atoms with Crippen molar-refractivity contribution in [2.24, 2.45) is 11.3 Å². The van der Waals surface area contributed by atoms with Crippen molar-refractivity contribution < 1.29 is 14.6 Å². The molecule has 0 bridgehead atoms. The SMILES string of the molecule is CCC[C@@H]1CN(c2nc(CO)cs2)C[C@H]1NC(=O)C1(COC)CC1. The summed E-state index contributed by atoms with van der Waals surface area (Å²) in [6.45, 7) is 4.37. The van der Waals surface area contributed by atoms with E-state index in [-0.39, 0.29) is 24.0 Å². The summed E-state index contributed by atoms with van der Waals surface area (Å²) in [6, 6.07) is 0.160. The maximum Gasteiger partial charge on any atom is 0.228 e. The number of aliphatic hydroxyl groups excluding tert-OH is 1. The van der Waals surface area contributed by atoms with Crippen LogP contribution in [0.15, 0.2) is 5.38 Å². The fourth-order valence-electron chi connectivity index (χ4n) is 3.55. The first-order chi connectivity index (χ1) is 11.6. The molecule has 2 fully saturated rings. The molecular weight excluding hydrogens is 326 g/mol. The van der Waals surface area contributed by atoms with Crippen LogP contribution in [0.3, 0.4) is 0 Å². The summed E-state index contributed by atoms with van der Waals surface area (Å²) in [4.78, 5) is 19.4. The van der Waals surface area contributed by atoms with Crippen LogP contribution in [-0.2, 0) is 16.1 Å². The molecule has 0 spiro atoms. The topological polar surface area (TPSA) is 74.7 Å². The first-order valence-electron chi connectivity index (χ1n) is 8.72. The van der Waals surface area contributed by atoms with Crippen molar-refractivity contribution in [2.75, 3.05) is 31.7 Å². The van der Waals surface area contributed by atoms with Gasteiger partial charge in [-0.1, -0.05) is 13.3 Å². The third-order valence-corrected chi connectivity index (χ3v) is 6.10. The molecule has 0 unspecified atom stereocenters. The molecule has 1 saturated heterocycles. The third kappa shape index (κ3) is 3.58. The van der Waals surface area contributed by atoms with Crippen LogP contribution < -0.4 is 10.2 Å². The summed E-state index contributed by atoms with van der Waals surface area (Å²) in [6.07, 6.45) is 4.05. The average molecular weight is 353 g/mol. The monoisotopic (exact) mass is 353 g/mol. The molecular formula is C17H27N3O3S. The Kier molecular flexibility index (Phi) is 5.42. The van der Waals surface area contributed by atoms with Crippen LogP contribution in [0.2, 0.25) is 0 Å². The maximum absolute atomic E-state index is 12.7. The molecule has 1 amide bonds. The summed E-state index contributed by atoms with van der Waals surface area (Å²) in [7, 11) is 1.66. The number of aromatic nitrogens is 1. The second-order valence-electron chi connectivity index (χ2n) is 7.03. The van der Waals surface area contributed by atoms with Crippen LogP contribution in [0, 0.1) is 11.3 Å². The zero-order valence-electron chi connectivity index (χ0n) is 14.5. The number of hydrogen-bond donors (Lipinski definition) is 2. The fourth-order valence-corrected chi connectivity index (χ4v) is 4.39. The van der Waals surface area contributed by atoms with Crippen LogP contribution in [0.4, 0.5) is 5.13 Å². The summed E-state index contributed by atoms with van der Waals surface area (Å²) in [5.41, 5.74) is 0.427. The number of aliphatic hydroxyl groups is 1. The van der Waals surface area contributed by atoms with Gasteiger partial charge in [-0.05, 0) is 25.2 Å². The highest BCUT2D eigenvalue weighted by Gasteiger charge is 2.51. The molecule has 2 atom stereocenters. The van der Waals surface area contributed by atoms with Crippen molar-refractivity contribution in [2.45, 2.75) is 45.3 Å². The minimum atomic E-state index is -0.288. The smallest absolute Gasteiger partial charge is 0.228 e. The number of thiazole rings is 1. The molecule has 1 aromatic heterocycles. The number of rotatable bonds is 8. The van der Waals surface area contributed by atoms with E-state index in [0.717, 1.165) is 43.9 Å². The lowest BCUT2D eigenvalue weighted by Gasteiger charge is -2.22. The molecule has 6 nitrogen and oxygen atoms in total. The van der Waals surface area contributed by atoms with E-state index < -0.39 is 0 Å². The lowest BCUT2D eigenvalue weighted by Crippen LogP contribution is -2.45. The number of ether oxygens (including phenoxy) is 1. The number of carbonyl (C=O) groups excluding carboxylic acids is 1. The molecule has 24 heavy (non-hydrogen) atoms. The Labute approximate surface area is 147 Å². The van der Waals surface area contributed by atoms with Crippen LogP contribution in [0.1, 0.15) is 38.3 Å². The Morgan fingerprint density at radius 1 is 1.54 bits per heavy atom. The van der Waals surface area contributed by atoms with Crippen LogP contribution in [-0.4, -0.2) is 48.8 Å². The fraction of sp³-hybridized carbons (Fsp3) is 0.765. The molecule has 3 rings (SSSR count). The predicted molar refractivity (Wildman–Crippen MR) is 94.1 cm³/mol. The van der Waals surface area contributed by atoms with Gasteiger partial charge in [-0.15, -0.1) is 11.3 Å². The Hall–Kier alpha value is -1.18. The number of nitrogens with one attached hydrogen (secondary N) is 1. The van der Waals surface area contributed by atoms with Gasteiger partial charge in [0.1, 0.15) is 0 Å². The number of anilines is 1. The molecule has 1 aliphatic carbocycles. The number of amides is 1. The first kappa shape index (κ1) is 17.6. The second kappa shape index (κ2) is 7.37. The number of nitrogens with zero attached hydrogens (tertiary/aromatic N) is 2. The lowest BCUT2D eigenvalue weighted by molar-refractivity contribution is -0.129. The van der Waals surface area contributed by atoms with Gasteiger partial charge in [-0.25, -0.2) is 4.98 Å². The van der Waals surface area contributed by atoms with E-state index in [1.54, 1.807) is 18.4 Å². The Bertz CT molecular complexity index is 573. The highest BCUT2D eigenvalue weighted by molar-refractivity contribution is 7.13. The average Bonchev–Trinajstić information content (AvgIpc) is 3.04. The molecule has 1 aromatic rings. The summed E-state index contributed by atoms with van der Waals surface area (Å²) in [5.74, 6) is 0.589. The van der Waals surface area contributed by atoms with Gasteiger partial charge in [-0.3, -0.25) is 4.79 Å². The van der Waals surface area contributed by atoms with Gasteiger partial charge in [0.15, 0.2) is 5.13 Å². The van der Waals surface area contributed by atoms with Gasteiger partial charge in [0, 0.05) is 25.6 Å². The summed E-state index contributed by atoms with van der Waals surface area (Å²) >= 11 is 1.56. The molecule has 0 radical (unpaired) electrons. The van der Waals surface area contributed by atoms with E-state index in [1.165, 1.54) is 0 Å². The Morgan fingerprint density at radius 3 is 2.92 bits per heavy atom.